The lowest BCUT2D eigenvalue weighted by molar-refractivity contribution is -0.121. The van der Waals surface area contributed by atoms with E-state index in [1.807, 2.05) is 0 Å². The molecule has 1 heterocycles. The number of rotatable bonds is 4. The molecule has 2 rings (SSSR count). The number of benzene rings is 1. The van der Waals surface area contributed by atoms with Crippen LogP contribution in [0.15, 0.2) is 24.3 Å². The molecule has 4 nitrogen and oxygen atoms in total. The minimum atomic E-state index is -0.345. The normalized spacial score (nSPS) is 18.7. The number of carbonyl (C=O) groups excluding carboxylic acids is 2. The molecule has 0 spiro atoms. The molecule has 19 heavy (non-hydrogen) atoms. The number of nitrogens with zero attached hydrogens (tertiary/aromatic N) is 1. The van der Waals surface area contributed by atoms with Crippen LogP contribution in [0, 0.1) is 5.82 Å². The van der Waals surface area contributed by atoms with Crippen LogP contribution in [-0.2, 0) is 9.59 Å². The van der Waals surface area contributed by atoms with Gasteiger partial charge >= 0.3 is 0 Å². The van der Waals surface area contributed by atoms with Crippen LogP contribution >= 0.6 is 11.6 Å². The molecule has 0 aromatic heterocycles. The van der Waals surface area contributed by atoms with Crippen molar-refractivity contribution in [3.63, 3.8) is 0 Å². The number of alkyl halides is 1. The topological polar surface area (TPSA) is 49.4 Å². The average molecular weight is 285 g/mol. The summed E-state index contributed by atoms with van der Waals surface area (Å²) in [5, 5.41) is 2.76. The quantitative estimate of drug-likeness (QED) is 0.855. The zero-order valence-electron chi connectivity index (χ0n) is 10.2. The van der Waals surface area contributed by atoms with Crippen LogP contribution in [0.2, 0.25) is 0 Å². The van der Waals surface area contributed by atoms with Gasteiger partial charge in [-0.15, -0.1) is 11.6 Å². The van der Waals surface area contributed by atoms with E-state index in [4.69, 9.17) is 11.6 Å². The summed E-state index contributed by atoms with van der Waals surface area (Å²) in [7, 11) is 0. The van der Waals surface area contributed by atoms with Gasteiger partial charge in [-0.1, -0.05) is 0 Å². The van der Waals surface area contributed by atoms with Gasteiger partial charge in [-0.3, -0.25) is 9.59 Å². The van der Waals surface area contributed by atoms with Gasteiger partial charge in [-0.2, -0.15) is 0 Å². The van der Waals surface area contributed by atoms with Gasteiger partial charge in [0.1, 0.15) is 5.82 Å². The second-order valence-corrected chi connectivity index (χ2v) is 4.77. The van der Waals surface area contributed by atoms with Crippen molar-refractivity contribution in [1.82, 2.24) is 5.32 Å². The Labute approximate surface area is 115 Å². The number of halogens is 2. The van der Waals surface area contributed by atoms with Crippen molar-refractivity contribution in [3.8, 4) is 0 Å². The third-order valence-corrected chi connectivity index (χ3v) is 3.14. The van der Waals surface area contributed by atoms with Crippen LogP contribution in [0.3, 0.4) is 0 Å². The minimum Gasteiger partial charge on any atom is -0.351 e. The summed E-state index contributed by atoms with van der Waals surface area (Å²) in [5.74, 6) is -0.326. The van der Waals surface area contributed by atoms with Gasteiger partial charge < -0.3 is 10.2 Å². The minimum absolute atomic E-state index is 0.0808. The first-order valence-electron chi connectivity index (χ1n) is 6.01. The molecule has 1 aromatic carbocycles. The predicted octanol–water partition coefficient (Wildman–Crippen LogP) is 1.68. The highest BCUT2D eigenvalue weighted by atomic mass is 35.5. The lowest BCUT2D eigenvalue weighted by Crippen LogP contribution is -2.37. The molecule has 6 heteroatoms. The highest BCUT2D eigenvalue weighted by Crippen LogP contribution is 2.21. The van der Waals surface area contributed by atoms with Crippen molar-refractivity contribution in [2.75, 3.05) is 17.3 Å². The molecular weight excluding hydrogens is 271 g/mol. The van der Waals surface area contributed by atoms with E-state index < -0.39 is 0 Å². The number of hydrogen-bond acceptors (Lipinski definition) is 2. The molecule has 0 aliphatic carbocycles. The molecule has 0 bridgehead atoms. The second kappa shape index (κ2) is 6.02. The number of amides is 2. The van der Waals surface area contributed by atoms with Crippen molar-refractivity contribution >= 4 is 29.1 Å². The van der Waals surface area contributed by atoms with Gasteiger partial charge in [0, 0.05) is 31.0 Å². The summed E-state index contributed by atoms with van der Waals surface area (Å²) in [6.45, 7) is 0.401. The maximum absolute atomic E-state index is 12.8. The molecule has 0 radical (unpaired) electrons. The van der Waals surface area contributed by atoms with E-state index in [1.54, 1.807) is 17.0 Å². The molecule has 1 fully saturated rings. The van der Waals surface area contributed by atoms with Crippen molar-refractivity contribution in [1.29, 1.82) is 0 Å². The average Bonchev–Trinajstić information content (AvgIpc) is 2.71. The van der Waals surface area contributed by atoms with E-state index in [0.29, 0.717) is 12.2 Å². The first-order chi connectivity index (χ1) is 9.10. The zero-order valence-corrected chi connectivity index (χ0v) is 11.0. The Bertz CT molecular complexity index is 478. The summed E-state index contributed by atoms with van der Waals surface area (Å²) < 4.78 is 12.8. The highest BCUT2D eigenvalue weighted by molar-refractivity contribution is 6.18. The van der Waals surface area contributed by atoms with Crippen molar-refractivity contribution in [3.05, 3.63) is 30.1 Å². The first kappa shape index (κ1) is 13.8. The van der Waals surface area contributed by atoms with Crippen LogP contribution in [0.1, 0.15) is 12.8 Å². The fourth-order valence-electron chi connectivity index (χ4n) is 2.06. The van der Waals surface area contributed by atoms with E-state index in [2.05, 4.69) is 5.32 Å². The molecule has 102 valence electrons. The van der Waals surface area contributed by atoms with E-state index in [9.17, 15) is 14.0 Å². The van der Waals surface area contributed by atoms with Crippen molar-refractivity contribution < 1.29 is 14.0 Å². The summed E-state index contributed by atoms with van der Waals surface area (Å²) in [6.07, 6.45) is 0.494. The molecule has 1 aromatic rings. The third kappa shape index (κ3) is 3.44. The molecule has 2 amide bonds. The van der Waals surface area contributed by atoms with Crippen LogP contribution in [0.4, 0.5) is 10.1 Å². The Hall–Kier alpha value is -1.62. The molecule has 1 aliphatic heterocycles. The fraction of sp³-hybridized carbons (Fsp3) is 0.385. The number of hydrogen-bond donors (Lipinski definition) is 1. The van der Waals surface area contributed by atoms with Crippen LogP contribution in [-0.4, -0.2) is 30.3 Å². The lowest BCUT2D eigenvalue weighted by atomic mass is 10.2. The fourth-order valence-corrected chi connectivity index (χ4v) is 2.23. The largest absolute Gasteiger partial charge is 0.351 e. The van der Waals surface area contributed by atoms with Gasteiger partial charge in [-0.05, 0) is 24.3 Å². The summed E-state index contributed by atoms with van der Waals surface area (Å²) in [5.41, 5.74) is 0.639. The van der Waals surface area contributed by atoms with Gasteiger partial charge in [0.15, 0.2) is 0 Å². The molecule has 0 saturated carbocycles. The number of carbonyl (C=O) groups is 2. The van der Waals surface area contributed by atoms with Gasteiger partial charge in [0.25, 0.3) is 0 Å². The van der Waals surface area contributed by atoms with Gasteiger partial charge in [0.2, 0.25) is 11.8 Å². The van der Waals surface area contributed by atoms with Crippen molar-refractivity contribution in [2.24, 2.45) is 0 Å². The molecule has 1 N–H and O–H groups in total. The maximum atomic E-state index is 12.8. The van der Waals surface area contributed by atoms with Crippen LogP contribution < -0.4 is 10.2 Å². The Balaban J connectivity index is 1.99. The van der Waals surface area contributed by atoms with Gasteiger partial charge in [-0.25, -0.2) is 4.39 Å². The third-order valence-electron chi connectivity index (χ3n) is 2.95. The summed E-state index contributed by atoms with van der Waals surface area (Å²) >= 11 is 5.48. The smallest absolute Gasteiger partial charge is 0.229 e. The van der Waals surface area contributed by atoms with E-state index >= 15 is 0 Å². The Morgan fingerprint density at radius 3 is 2.74 bits per heavy atom. The summed E-state index contributed by atoms with van der Waals surface area (Å²) in [4.78, 5) is 24.8. The number of nitrogens with one attached hydrogen (secondary N) is 1. The predicted molar refractivity (Wildman–Crippen MR) is 70.6 cm³/mol. The van der Waals surface area contributed by atoms with Gasteiger partial charge in [0.05, 0.1) is 6.04 Å². The van der Waals surface area contributed by atoms with E-state index in [0.717, 1.165) is 0 Å². The Morgan fingerprint density at radius 2 is 2.11 bits per heavy atom. The SMILES string of the molecule is O=C(CCCl)NC1CC(=O)N(c2ccc(F)cc2)C1. The van der Waals surface area contributed by atoms with Crippen molar-refractivity contribution in [2.45, 2.75) is 18.9 Å². The van der Waals surface area contributed by atoms with E-state index in [1.165, 1.54) is 12.1 Å². The molecule has 1 aliphatic rings. The number of anilines is 1. The zero-order chi connectivity index (χ0) is 13.8. The Kier molecular flexibility index (Phi) is 4.37. The second-order valence-electron chi connectivity index (χ2n) is 4.39. The standard InChI is InChI=1S/C13H14ClFN2O2/c14-6-5-12(18)16-10-7-13(19)17(8-10)11-3-1-9(15)2-4-11/h1-4,10H,5-8H2,(H,16,18). The first-order valence-corrected chi connectivity index (χ1v) is 6.55. The maximum Gasteiger partial charge on any atom is 0.229 e. The monoisotopic (exact) mass is 284 g/mol. The molecular formula is C13H14ClFN2O2. The van der Waals surface area contributed by atoms with Crippen LogP contribution in [0.25, 0.3) is 0 Å². The molecule has 1 atom stereocenters. The highest BCUT2D eigenvalue weighted by Gasteiger charge is 2.31. The van der Waals surface area contributed by atoms with E-state index in [-0.39, 0.29) is 42.4 Å². The van der Waals surface area contributed by atoms with Crippen LogP contribution in [0.5, 0.6) is 0 Å². The molecule has 1 unspecified atom stereocenters. The summed E-state index contributed by atoms with van der Waals surface area (Å²) in [6, 6.07) is 5.50. The Morgan fingerprint density at radius 1 is 1.42 bits per heavy atom. The lowest BCUT2D eigenvalue weighted by Gasteiger charge is -2.17. The molecule has 1 saturated heterocycles.